The van der Waals surface area contributed by atoms with Gasteiger partial charge in [0.1, 0.15) is 5.82 Å². The van der Waals surface area contributed by atoms with E-state index in [1.54, 1.807) is 6.07 Å². The Morgan fingerprint density at radius 3 is 2.78 bits per heavy atom. The minimum atomic E-state index is -3.49. The molecule has 1 atom stereocenters. The first-order valence-electron chi connectivity index (χ1n) is 5.95. The first kappa shape index (κ1) is 13.3. The number of para-hydroxylation sites is 1. The first-order chi connectivity index (χ1) is 8.50. The molecular weight excluding hydrogens is 255 g/mol. The Morgan fingerprint density at radius 2 is 2.17 bits per heavy atom. The zero-order valence-corrected chi connectivity index (χ0v) is 11.1. The number of halogens is 1. The molecule has 1 aromatic rings. The molecule has 0 spiro atoms. The van der Waals surface area contributed by atoms with Crippen LogP contribution in [0.3, 0.4) is 0 Å². The van der Waals surface area contributed by atoms with Gasteiger partial charge < -0.3 is 5.32 Å². The van der Waals surface area contributed by atoms with Crippen LogP contribution in [0.2, 0.25) is 0 Å². The number of hydrogen-bond donors (Lipinski definition) is 1. The van der Waals surface area contributed by atoms with Crippen molar-refractivity contribution in [2.45, 2.75) is 18.9 Å². The van der Waals surface area contributed by atoms with Crippen LogP contribution in [0.5, 0.6) is 0 Å². The highest BCUT2D eigenvalue weighted by Gasteiger charge is 2.26. The van der Waals surface area contributed by atoms with E-state index in [-0.39, 0.29) is 17.5 Å². The fourth-order valence-corrected chi connectivity index (χ4v) is 3.59. The maximum atomic E-state index is 13.6. The van der Waals surface area contributed by atoms with Crippen molar-refractivity contribution < 1.29 is 12.8 Å². The summed E-state index contributed by atoms with van der Waals surface area (Å²) in [5, 5.41) is 3.13. The minimum Gasteiger partial charge on any atom is -0.313 e. The van der Waals surface area contributed by atoms with Crippen molar-refractivity contribution in [2.75, 3.05) is 23.7 Å². The normalized spacial score (nSPS) is 20.0. The Bertz CT molecular complexity index is 513. The molecule has 1 aliphatic heterocycles. The van der Waals surface area contributed by atoms with Gasteiger partial charge in [0.2, 0.25) is 10.0 Å². The lowest BCUT2D eigenvalue weighted by Crippen LogP contribution is -2.38. The van der Waals surface area contributed by atoms with Gasteiger partial charge in [-0.1, -0.05) is 12.1 Å². The van der Waals surface area contributed by atoms with Crippen LogP contribution in [0.25, 0.3) is 0 Å². The van der Waals surface area contributed by atoms with Crippen LogP contribution in [0.1, 0.15) is 12.8 Å². The molecule has 1 heterocycles. The Kier molecular flexibility index (Phi) is 3.87. The zero-order valence-electron chi connectivity index (χ0n) is 10.3. The maximum Gasteiger partial charge on any atom is 0.236 e. The molecule has 0 radical (unpaired) electrons. The van der Waals surface area contributed by atoms with E-state index < -0.39 is 15.8 Å². The molecule has 1 N–H and O–H groups in total. The summed E-state index contributed by atoms with van der Waals surface area (Å²) in [6.45, 7) is 0.851. The van der Waals surface area contributed by atoms with E-state index in [2.05, 4.69) is 5.32 Å². The molecule has 1 saturated heterocycles. The summed E-state index contributed by atoms with van der Waals surface area (Å²) in [6.07, 6.45) is 1.84. The van der Waals surface area contributed by atoms with Crippen LogP contribution in [0, 0.1) is 5.82 Å². The summed E-state index contributed by atoms with van der Waals surface area (Å²) < 4.78 is 38.9. The van der Waals surface area contributed by atoms with E-state index in [1.165, 1.54) is 25.2 Å². The number of hydrogen-bond acceptors (Lipinski definition) is 3. The van der Waals surface area contributed by atoms with Crippen molar-refractivity contribution in [3.63, 3.8) is 0 Å². The summed E-state index contributed by atoms with van der Waals surface area (Å²) in [5.41, 5.74) is 0.0931. The van der Waals surface area contributed by atoms with Gasteiger partial charge in [0, 0.05) is 13.1 Å². The van der Waals surface area contributed by atoms with Crippen molar-refractivity contribution in [1.29, 1.82) is 0 Å². The quantitative estimate of drug-likeness (QED) is 0.900. The van der Waals surface area contributed by atoms with Gasteiger partial charge in [0.25, 0.3) is 0 Å². The summed E-state index contributed by atoms with van der Waals surface area (Å²) in [7, 11) is -2.10. The Morgan fingerprint density at radius 1 is 1.44 bits per heavy atom. The van der Waals surface area contributed by atoms with Crippen molar-refractivity contribution in [3.05, 3.63) is 30.1 Å². The highest BCUT2D eigenvalue weighted by atomic mass is 32.2. The molecule has 1 aliphatic rings. The van der Waals surface area contributed by atoms with Crippen LogP contribution in [0.15, 0.2) is 24.3 Å². The molecule has 0 aromatic heterocycles. The lowest BCUT2D eigenvalue weighted by Gasteiger charge is -2.22. The second-order valence-electron chi connectivity index (χ2n) is 4.49. The van der Waals surface area contributed by atoms with Crippen LogP contribution < -0.4 is 9.62 Å². The number of rotatable bonds is 4. The van der Waals surface area contributed by atoms with E-state index in [1.807, 2.05) is 0 Å². The van der Waals surface area contributed by atoms with Crippen LogP contribution in [0.4, 0.5) is 10.1 Å². The second-order valence-corrected chi connectivity index (χ2v) is 6.54. The molecule has 0 amide bonds. The van der Waals surface area contributed by atoms with Crippen LogP contribution in [-0.4, -0.2) is 33.8 Å². The molecule has 0 saturated carbocycles. The Balaban J connectivity index is 2.16. The highest BCUT2D eigenvalue weighted by Crippen LogP contribution is 2.21. The van der Waals surface area contributed by atoms with Gasteiger partial charge in [-0.2, -0.15) is 0 Å². The topological polar surface area (TPSA) is 49.4 Å². The van der Waals surface area contributed by atoms with Crippen molar-refractivity contribution in [2.24, 2.45) is 0 Å². The fraction of sp³-hybridized carbons (Fsp3) is 0.500. The number of benzene rings is 1. The van der Waals surface area contributed by atoms with E-state index in [4.69, 9.17) is 0 Å². The standard InChI is InChI=1S/C12H17FN2O2S/c1-15(12-7-3-2-6-11(12)13)18(16,17)9-10-5-4-8-14-10/h2-3,6-7,10,14H,4-5,8-9H2,1H3. The number of nitrogens with one attached hydrogen (secondary N) is 1. The third-order valence-electron chi connectivity index (χ3n) is 3.18. The third-order valence-corrected chi connectivity index (χ3v) is 5.04. The van der Waals surface area contributed by atoms with E-state index in [0.29, 0.717) is 0 Å². The minimum absolute atomic E-state index is 0.0117. The molecule has 2 rings (SSSR count). The van der Waals surface area contributed by atoms with Gasteiger partial charge >= 0.3 is 0 Å². The molecule has 0 aliphatic carbocycles. The van der Waals surface area contributed by atoms with Gasteiger partial charge in [-0.25, -0.2) is 12.8 Å². The molecule has 4 nitrogen and oxygen atoms in total. The van der Waals surface area contributed by atoms with Crippen LogP contribution in [-0.2, 0) is 10.0 Å². The van der Waals surface area contributed by atoms with Crippen molar-refractivity contribution in [1.82, 2.24) is 5.32 Å². The Hall–Kier alpha value is -1.14. The molecule has 1 aromatic carbocycles. The average molecular weight is 272 g/mol. The lowest BCUT2D eigenvalue weighted by molar-refractivity contribution is 0.572. The van der Waals surface area contributed by atoms with Gasteiger partial charge in [0.05, 0.1) is 11.4 Å². The molecule has 18 heavy (non-hydrogen) atoms. The first-order valence-corrected chi connectivity index (χ1v) is 7.56. The van der Waals surface area contributed by atoms with Gasteiger partial charge in [-0.15, -0.1) is 0 Å². The van der Waals surface area contributed by atoms with E-state index >= 15 is 0 Å². The number of nitrogens with zero attached hydrogens (tertiary/aromatic N) is 1. The molecule has 1 unspecified atom stereocenters. The average Bonchev–Trinajstić information content (AvgIpc) is 2.81. The third kappa shape index (κ3) is 2.81. The molecule has 1 fully saturated rings. The SMILES string of the molecule is CN(c1ccccc1F)S(=O)(=O)CC1CCCN1. The van der Waals surface area contributed by atoms with Crippen LogP contribution >= 0.6 is 0 Å². The van der Waals surface area contributed by atoms with Gasteiger partial charge in [-0.05, 0) is 31.5 Å². The van der Waals surface area contributed by atoms with Gasteiger partial charge in [-0.3, -0.25) is 4.31 Å². The molecular formula is C12H17FN2O2S. The molecule has 6 heteroatoms. The number of anilines is 1. The largest absolute Gasteiger partial charge is 0.313 e. The summed E-state index contributed by atoms with van der Waals surface area (Å²) in [5.74, 6) is -0.513. The second kappa shape index (κ2) is 5.24. The zero-order chi connectivity index (χ0) is 13.2. The smallest absolute Gasteiger partial charge is 0.236 e. The summed E-state index contributed by atoms with van der Waals surface area (Å²) >= 11 is 0. The van der Waals surface area contributed by atoms with Gasteiger partial charge in [0.15, 0.2) is 0 Å². The van der Waals surface area contributed by atoms with Crippen molar-refractivity contribution in [3.8, 4) is 0 Å². The predicted molar refractivity (Wildman–Crippen MR) is 69.6 cm³/mol. The van der Waals surface area contributed by atoms with Crippen molar-refractivity contribution >= 4 is 15.7 Å². The fourth-order valence-electron chi connectivity index (χ4n) is 2.12. The summed E-state index contributed by atoms with van der Waals surface area (Å²) in [4.78, 5) is 0. The Labute approximate surface area is 107 Å². The number of sulfonamides is 1. The molecule has 100 valence electrons. The summed E-state index contributed by atoms with van der Waals surface area (Å²) in [6, 6.07) is 5.87. The van der Waals surface area contributed by atoms with E-state index in [0.717, 1.165) is 23.7 Å². The lowest BCUT2D eigenvalue weighted by atomic mass is 10.3. The predicted octanol–water partition coefficient (Wildman–Crippen LogP) is 1.34. The monoisotopic (exact) mass is 272 g/mol. The molecule has 0 bridgehead atoms. The highest BCUT2D eigenvalue weighted by molar-refractivity contribution is 7.92. The maximum absolute atomic E-state index is 13.6. The van der Waals surface area contributed by atoms with E-state index in [9.17, 15) is 12.8 Å².